The highest BCUT2D eigenvalue weighted by atomic mass is 35.5. The van der Waals surface area contributed by atoms with E-state index in [1.807, 2.05) is 41.2 Å². The largest absolute Gasteiger partial charge is 0.243 e. The van der Waals surface area contributed by atoms with Gasteiger partial charge in [-0.1, -0.05) is 29.8 Å². The monoisotopic (exact) mass is 330 g/mol. The Hall–Kier alpha value is -1.85. The third-order valence-corrected chi connectivity index (χ3v) is 4.49. The Morgan fingerprint density at radius 3 is 2.82 bits per heavy atom. The Labute approximate surface area is 138 Å². The van der Waals surface area contributed by atoms with Gasteiger partial charge in [0.25, 0.3) is 0 Å². The first-order valence-corrected chi connectivity index (χ1v) is 8.29. The molecule has 0 atom stereocenters. The molecule has 2 heterocycles. The Morgan fingerprint density at radius 1 is 1.23 bits per heavy atom. The van der Waals surface area contributed by atoms with E-state index in [0.29, 0.717) is 6.54 Å². The Kier molecular flexibility index (Phi) is 4.75. The van der Waals surface area contributed by atoms with Crippen molar-refractivity contribution in [3.63, 3.8) is 0 Å². The summed E-state index contributed by atoms with van der Waals surface area (Å²) in [6.07, 6.45) is 6.30. The molecule has 0 N–H and O–H groups in total. The molecule has 0 radical (unpaired) electrons. The fourth-order valence-corrected chi connectivity index (χ4v) is 3.13. The number of hydrogen-bond acceptors (Lipinski definition) is 4. The first-order valence-electron chi connectivity index (χ1n) is 6.92. The van der Waals surface area contributed by atoms with Gasteiger partial charge in [0.1, 0.15) is 11.4 Å². The molecule has 0 spiro atoms. The molecule has 0 aliphatic rings. The topological polar surface area (TPSA) is 43.6 Å². The van der Waals surface area contributed by atoms with Gasteiger partial charge < -0.3 is 0 Å². The molecule has 22 heavy (non-hydrogen) atoms. The minimum atomic E-state index is 0.661. The van der Waals surface area contributed by atoms with E-state index in [-0.39, 0.29) is 0 Å². The van der Waals surface area contributed by atoms with E-state index in [2.05, 4.69) is 21.6 Å². The van der Waals surface area contributed by atoms with E-state index in [4.69, 9.17) is 11.6 Å². The SMILES string of the molecule is C=CCCSc1ncnc2c1cnn2Cc1ccc(Cl)cc1. The van der Waals surface area contributed by atoms with Crippen molar-refractivity contribution in [1.82, 2.24) is 19.7 Å². The second-order valence-electron chi connectivity index (χ2n) is 4.77. The lowest BCUT2D eigenvalue weighted by molar-refractivity contribution is 0.703. The quantitative estimate of drug-likeness (QED) is 0.294. The fraction of sp³-hybridized carbons (Fsp3) is 0.188. The summed E-state index contributed by atoms with van der Waals surface area (Å²) in [5.74, 6) is 0.956. The minimum Gasteiger partial charge on any atom is -0.243 e. The molecule has 0 aliphatic carbocycles. The summed E-state index contributed by atoms with van der Waals surface area (Å²) in [5.41, 5.74) is 1.99. The third kappa shape index (κ3) is 3.31. The van der Waals surface area contributed by atoms with E-state index >= 15 is 0 Å². The summed E-state index contributed by atoms with van der Waals surface area (Å²) >= 11 is 7.62. The Morgan fingerprint density at radius 2 is 2.05 bits per heavy atom. The number of rotatable bonds is 6. The minimum absolute atomic E-state index is 0.661. The molecule has 112 valence electrons. The maximum absolute atomic E-state index is 5.92. The van der Waals surface area contributed by atoms with E-state index in [9.17, 15) is 0 Å². The maximum Gasteiger partial charge on any atom is 0.162 e. The van der Waals surface area contributed by atoms with Crippen LogP contribution < -0.4 is 0 Å². The van der Waals surface area contributed by atoms with Gasteiger partial charge in [0.15, 0.2) is 5.65 Å². The van der Waals surface area contributed by atoms with Crippen LogP contribution in [0.2, 0.25) is 5.02 Å². The number of hydrogen-bond donors (Lipinski definition) is 0. The summed E-state index contributed by atoms with van der Waals surface area (Å²) < 4.78 is 1.89. The van der Waals surface area contributed by atoms with Crippen molar-refractivity contribution in [3.8, 4) is 0 Å². The number of halogens is 1. The van der Waals surface area contributed by atoms with Gasteiger partial charge in [-0.05, 0) is 24.1 Å². The molecular weight excluding hydrogens is 316 g/mol. The van der Waals surface area contributed by atoms with Crippen molar-refractivity contribution in [1.29, 1.82) is 0 Å². The normalized spacial score (nSPS) is 11.0. The van der Waals surface area contributed by atoms with Crippen LogP contribution in [0.5, 0.6) is 0 Å². The van der Waals surface area contributed by atoms with Crippen LogP contribution in [0.3, 0.4) is 0 Å². The van der Waals surface area contributed by atoms with E-state index in [1.54, 1.807) is 18.1 Å². The highest BCUT2D eigenvalue weighted by Crippen LogP contribution is 2.25. The lowest BCUT2D eigenvalue weighted by Gasteiger charge is -2.04. The predicted octanol–water partition coefficient (Wildman–Crippen LogP) is 4.20. The fourth-order valence-electron chi connectivity index (χ4n) is 2.10. The number of nitrogens with zero attached hydrogens (tertiary/aromatic N) is 4. The van der Waals surface area contributed by atoms with Gasteiger partial charge in [-0.2, -0.15) is 5.10 Å². The van der Waals surface area contributed by atoms with Crippen LogP contribution in [0.15, 0.2) is 54.5 Å². The van der Waals surface area contributed by atoms with Crippen molar-refractivity contribution < 1.29 is 0 Å². The Balaban J connectivity index is 1.86. The summed E-state index contributed by atoms with van der Waals surface area (Å²) in [7, 11) is 0. The standard InChI is InChI=1S/C16H15ClN4S/c1-2-3-8-22-16-14-9-20-21(15(14)18-11-19-16)10-12-4-6-13(17)7-5-12/h2,4-7,9,11H,1,3,8,10H2. The van der Waals surface area contributed by atoms with Crippen LogP contribution >= 0.6 is 23.4 Å². The van der Waals surface area contributed by atoms with Crippen molar-refractivity contribution in [2.24, 2.45) is 0 Å². The molecule has 0 bridgehead atoms. The molecule has 0 saturated carbocycles. The van der Waals surface area contributed by atoms with Gasteiger partial charge in [-0.15, -0.1) is 18.3 Å². The van der Waals surface area contributed by atoms with Crippen LogP contribution in [0.4, 0.5) is 0 Å². The number of aromatic nitrogens is 4. The van der Waals surface area contributed by atoms with Gasteiger partial charge in [0.05, 0.1) is 18.1 Å². The van der Waals surface area contributed by atoms with Crippen LogP contribution in [0.25, 0.3) is 11.0 Å². The number of fused-ring (bicyclic) bond motifs is 1. The summed E-state index contributed by atoms with van der Waals surface area (Å²) in [5, 5.41) is 7.14. The van der Waals surface area contributed by atoms with Gasteiger partial charge in [0, 0.05) is 10.8 Å². The molecule has 3 aromatic rings. The highest BCUT2D eigenvalue weighted by Gasteiger charge is 2.10. The first kappa shape index (κ1) is 15.1. The smallest absolute Gasteiger partial charge is 0.162 e. The van der Waals surface area contributed by atoms with Crippen LogP contribution in [0, 0.1) is 0 Å². The van der Waals surface area contributed by atoms with E-state index < -0.39 is 0 Å². The van der Waals surface area contributed by atoms with Crippen molar-refractivity contribution in [3.05, 3.63) is 60.0 Å². The maximum atomic E-state index is 5.92. The molecule has 0 saturated heterocycles. The van der Waals surface area contributed by atoms with Gasteiger partial charge >= 0.3 is 0 Å². The second-order valence-corrected chi connectivity index (χ2v) is 6.29. The molecular formula is C16H15ClN4S. The first-order chi connectivity index (χ1) is 10.8. The Bertz CT molecular complexity index is 782. The third-order valence-electron chi connectivity index (χ3n) is 3.20. The molecule has 0 amide bonds. The molecule has 2 aromatic heterocycles. The predicted molar refractivity (Wildman–Crippen MR) is 91.4 cm³/mol. The second kappa shape index (κ2) is 6.94. The number of allylic oxidation sites excluding steroid dienone is 1. The highest BCUT2D eigenvalue weighted by molar-refractivity contribution is 7.99. The number of benzene rings is 1. The van der Waals surface area contributed by atoms with Crippen molar-refractivity contribution in [2.75, 3.05) is 5.75 Å². The van der Waals surface area contributed by atoms with Crippen LogP contribution in [-0.2, 0) is 6.54 Å². The van der Waals surface area contributed by atoms with E-state index in [0.717, 1.165) is 38.8 Å². The van der Waals surface area contributed by atoms with Crippen molar-refractivity contribution in [2.45, 2.75) is 18.0 Å². The average molecular weight is 331 g/mol. The van der Waals surface area contributed by atoms with Crippen LogP contribution in [0.1, 0.15) is 12.0 Å². The lowest BCUT2D eigenvalue weighted by Crippen LogP contribution is -2.02. The molecule has 0 unspecified atom stereocenters. The molecule has 4 nitrogen and oxygen atoms in total. The summed E-state index contributed by atoms with van der Waals surface area (Å²) in [4.78, 5) is 8.73. The van der Waals surface area contributed by atoms with Crippen LogP contribution in [-0.4, -0.2) is 25.5 Å². The number of thioether (sulfide) groups is 1. The summed E-state index contributed by atoms with van der Waals surface area (Å²) in [6.45, 7) is 4.40. The summed E-state index contributed by atoms with van der Waals surface area (Å²) in [6, 6.07) is 7.76. The zero-order valence-corrected chi connectivity index (χ0v) is 13.5. The zero-order chi connectivity index (χ0) is 15.4. The van der Waals surface area contributed by atoms with E-state index in [1.165, 1.54) is 0 Å². The molecule has 3 rings (SSSR count). The van der Waals surface area contributed by atoms with Crippen molar-refractivity contribution >= 4 is 34.4 Å². The molecule has 1 aromatic carbocycles. The van der Waals surface area contributed by atoms with Gasteiger partial charge in [-0.3, -0.25) is 0 Å². The average Bonchev–Trinajstić information content (AvgIpc) is 2.94. The molecule has 6 heteroatoms. The zero-order valence-electron chi connectivity index (χ0n) is 11.9. The lowest BCUT2D eigenvalue weighted by atomic mass is 10.2. The molecule has 0 fully saturated rings. The molecule has 0 aliphatic heterocycles. The van der Waals surface area contributed by atoms with Gasteiger partial charge in [0.2, 0.25) is 0 Å². The van der Waals surface area contributed by atoms with Gasteiger partial charge in [-0.25, -0.2) is 14.6 Å².